The van der Waals surface area contributed by atoms with E-state index in [0.717, 1.165) is 17.1 Å². The first-order valence-electron chi connectivity index (χ1n) is 9.31. The molecule has 5 aromatic rings. The summed E-state index contributed by atoms with van der Waals surface area (Å²) in [6, 6.07) is 39.0. The van der Waals surface area contributed by atoms with Crippen molar-refractivity contribution >= 4 is 61.2 Å². The molecule has 5 rings (SSSR count). The van der Waals surface area contributed by atoms with E-state index < -0.39 is 0 Å². The van der Waals surface area contributed by atoms with Crippen molar-refractivity contribution < 1.29 is 0 Å². The Bertz CT molecular complexity index is 1200. The minimum atomic E-state index is 1.16. The number of benzene rings is 5. The second-order valence-corrected chi connectivity index (χ2v) is 8.12. The van der Waals surface area contributed by atoms with E-state index in [9.17, 15) is 0 Å². The zero-order valence-corrected chi connectivity index (χ0v) is 17.4. The lowest BCUT2D eigenvalue weighted by Gasteiger charge is -2.26. The summed E-state index contributed by atoms with van der Waals surface area (Å²) >= 11 is 2.35. The van der Waals surface area contributed by atoms with E-state index in [4.69, 9.17) is 0 Å². The summed E-state index contributed by atoms with van der Waals surface area (Å²) < 4.78 is 1.23. The number of nitrogens with zero attached hydrogens (tertiary/aromatic N) is 1. The van der Waals surface area contributed by atoms with E-state index in [1.165, 1.54) is 25.1 Å². The van der Waals surface area contributed by atoms with Crippen molar-refractivity contribution in [3.05, 3.63) is 113 Å². The fourth-order valence-electron chi connectivity index (χ4n) is 3.67. The van der Waals surface area contributed by atoms with Gasteiger partial charge in [-0.2, -0.15) is 0 Å². The lowest BCUT2D eigenvalue weighted by atomic mass is 10.1. The number of rotatable bonds is 3. The van der Waals surface area contributed by atoms with Gasteiger partial charge in [0.25, 0.3) is 0 Å². The van der Waals surface area contributed by atoms with Gasteiger partial charge in [-0.05, 0) is 92.7 Å². The van der Waals surface area contributed by atoms with Gasteiger partial charge in [-0.15, -0.1) is 0 Å². The van der Waals surface area contributed by atoms with Crippen LogP contribution >= 0.6 is 22.6 Å². The summed E-state index contributed by atoms with van der Waals surface area (Å²) in [5.74, 6) is 0. The Morgan fingerprint density at radius 2 is 0.857 bits per heavy atom. The van der Waals surface area contributed by atoms with E-state index in [-0.39, 0.29) is 0 Å². The summed E-state index contributed by atoms with van der Waals surface area (Å²) in [6.45, 7) is 0. The molecule has 0 radical (unpaired) electrons. The summed E-state index contributed by atoms with van der Waals surface area (Å²) in [5, 5.41) is 5.01. The third kappa shape index (κ3) is 3.25. The van der Waals surface area contributed by atoms with Crippen LogP contribution in [0.3, 0.4) is 0 Å². The molecule has 0 saturated carbocycles. The number of anilines is 3. The van der Waals surface area contributed by atoms with Crippen LogP contribution in [0, 0.1) is 3.57 Å². The molecular weight excluding hydrogens is 453 g/mol. The minimum Gasteiger partial charge on any atom is -0.310 e. The molecule has 0 atom stereocenters. The largest absolute Gasteiger partial charge is 0.310 e. The highest BCUT2D eigenvalue weighted by Crippen LogP contribution is 2.37. The highest BCUT2D eigenvalue weighted by Gasteiger charge is 2.13. The lowest BCUT2D eigenvalue weighted by molar-refractivity contribution is 1.29. The third-order valence-corrected chi connectivity index (χ3v) is 5.79. The van der Waals surface area contributed by atoms with E-state index in [0.29, 0.717) is 0 Å². The van der Waals surface area contributed by atoms with Crippen molar-refractivity contribution in [2.75, 3.05) is 4.90 Å². The molecule has 0 saturated heterocycles. The van der Waals surface area contributed by atoms with Crippen molar-refractivity contribution in [3.8, 4) is 0 Å². The van der Waals surface area contributed by atoms with Crippen molar-refractivity contribution in [1.82, 2.24) is 0 Å². The van der Waals surface area contributed by atoms with Crippen molar-refractivity contribution in [2.45, 2.75) is 0 Å². The zero-order valence-electron chi connectivity index (χ0n) is 15.2. The molecule has 28 heavy (non-hydrogen) atoms. The van der Waals surface area contributed by atoms with Gasteiger partial charge in [0, 0.05) is 20.6 Å². The molecule has 5 aromatic carbocycles. The Morgan fingerprint density at radius 3 is 1.36 bits per heavy atom. The zero-order chi connectivity index (χ0) is 18.9. The van der Waals surface area contributed by atoms with Gasteiger partial charge in [0.2, 0.25) is 0 Å². The molecule has 0 bridgehead atoms. The standard InChI is InChI=1S/C26H18IN/c27-23-11-15-24(16-12-23)28(25-13-9-19-5-1-3-7-21(19)17-25)26-14-10-20-6-2-4-8-22(20)18-26/h1-18H. The Hall–Kier alpha value is -2.85. The fraction of sp³-hybridized carbons (Fsp3) is 0. The number of hydrogen-bond donors (Lipinski definition) is 0. The van der Waals surface area contributed by atoms with Crippen molar-refractivity contribution in [1.29, 1.82) is 0 Å². The van der Waals surface area contributed by atoms with Crippen LogP contribution in [-0.4, -0.2) is 0 Å². The first-order valence-corrected chi connectivity index (χ1v) is 10.4. The summed E-state index contributed by atoms with van der Waals surface area (Å²) in [5.41, 5.74) is 3.48. The lowest BCUT2D eigenvalue weighted by Crippen LogP contribution is -2.09. The normalized spacial score (nSPS) is 11.0. The molecule has 0 N–H and O–H groups in total. The SMILES string of the molecule is Ic1ccc(N(c2ccc3ccccc3c2)c2ccc3ccccc3c2)cc1. The maximum atomic E-state index is 2.35. The number of halogens is 1. The first kappa shape index (κ1) is 17.3. The molecule has 0 aliphatic carbocycles. The fourth-order valence-corrected chi connectivity index (χ4v) is 4.03. The second kappa shape index (κ2) is 7.28. The molecule has 0 fully saturated rings. The summed E-state index contributed by atoms with van der Waals surface area (Å²) in [4.78, 5) is 2.33. The minimum absolute atomic E-state index is 1.16. The van der Waals surface area contributed by atoms with E-state index in [1.807, 2.05) is 0 Å². The Balaban J connectivity index is 1.72. The van der Waals surface area contributed by atoms with E-state index in [1.54, 1.807) is 0 Å². The molecule has 0 spiro atoms. The Morgan fingerprint density at radius 1 is 0.429 bits per heavy atom. The van der Waals surface area contributed by atoms with Crippen LogP contribution in [-0.2, 0) is 0 Å². The molecule has 0 aliphatic heterocycles. The quantitative estimate of drug-likeness (QED) is 0.241. The molecule has 0 heterocycles. The first-order chi connectivity index (χ1) is 13.8. The highest BCUT2D eigenvalue weighted by molar-refractivity contribution is 14.1. The van der Waals surface area contributed by atoms with Gasteiger partial charge in [-0.3, -0.25) is 0 Å². The van der Waals surface area contributed by atoms with Crippen LogP contribution < -0.4 is 4.90 Å². The van der Waals surface area contributed by atoms with Gasteiger partial charge in [0.15, 0.2) is 0 Å². The molecule has 0 aliphatic rings. The Labute approximate surface area is 178 Å². The van der Waals surface area contributed by atoms with Crippen LogP contribution in [0.1, 0.15) is 0 Å². The number of fused-ring (bicyclic) bond motifs is 2. The van der Waals surface area contributed by atoms with Crippen LogP contribution in [0.2, 0.25) is 0 Å². The van der Waals surface area contributed by atoms with Crippen molar-refractivity contribution in [2.24, 2.45) is 0 Å². The van der Waals surface area contributed by atoms with Gasteiger partial charge in [-0.1, -0.05) is 60.7 Å². The summed E-state index contributed by atoms with van der Waals surface area (Å²) in [7, 11) is 0. The third-order valence-electron chi connectivity index (χ3n) is 5.07. The van der Waals surface area contributed by atoms with Gasteiger partial charge in [0.05, 0.1) is 0 Å². The van der Waals surface area contributed by atoms with Gasteiger partial charge >= 0.3 is 0 Å². The average molecular weight is 471 g/mol. The molecule has 0 unspecified atom stereocenters. The van der Waals surface area contributed by atoms with Gasteiger partial charge < -0.3 is 4.90 Å². The van der Waals surface area contributed by atoms with Crippen LogP contribution in [0.5, 0.6) is 0 Å². The van der Waals surface area contributed by atoms with E-state index in [2.05, 4.69) is 137 Å². The smallest absolute Gasteiger partial charge is 0.0468 e. The molecule has 134 valence electrons. The topological polar surface area (TPSA) is 3.24 Å². The van der Waals surface area contributed by atoms with Gasteiger partial charge in [-0.25, -0.2) is 0 Å². The molecular formula is C26H18IN. The predicted molar refractivity (Wildman–Crippen MR) is 129 cm³/mol. The Kier molecular flexibility index (Phi) is 4.49. The maximum Gasteiger partial charge on any atom is 0.0468 e. The van der Waals surface area contributed by atoms with Crippen LogP contribution in [0.4, 0.5) is 17.1 Å². The molecule has 1 nitrogen and oxygen atoms in total. The molecule has 0 aromatic heterocycles. The number of hydrogen-bond acceptors (Lipinski definition) is 1. The second-order valence-electron chi connectivity index (χ2n) is 6.87. The van der Waals surface area contributed by atoms with E-state index >= 15 is 0 Å². The highest BCUT2D eigenvalue weighted by atomic mass is 127. The van der Waals surface area contributed by atoms with Gasteiger partial charge in [0.1, 0.15) is 0 Å². The predicted octanol–water partition coefficient (Wildman–Crippen LogP) is 8.07. The van der Waals surface area contributed by atoms with Crippen LogP contribution in [0.25, 0.3) is 21.5 Å². The monoisotopic (exact) mass is 471 g/mol. The van der Waals surface area contributed by atoms with Crippen molar-refractivity contribution in [3.63, 3.8) is 0 Å². The molecule has 0 amide bonds. The summed E-state index contributed by atoms with van der Waals surface area (Å²) in [6.07, 6.45) is 0. The maximum absolute atomic E-state index is 2.35. The molecule has 2 heteroatoms. The van der Waals surface area contributed by atoms with Crippen LogP contribution in [0.15, 0.2) is 109 Å². The average Bonchev–Trinajstić information content (AvgIpc) is 2.75.